The maximum atomic E-state index is 11.9. The molecule has 0 aromatic heterocycles. The molecule has 3 nitrogen and oxygen atoms in total. The summed E-state index contributed by atoms with van der Waals surface area (Å²) in [6.45, 7) is 7.97. The van der Waals surface area contributed by atoms with Crippen LogP contribution in [-0.2, 0) is 0 Å². The van der Waals surface area contributed by atoms with Crippen molar-refractivity contribution in [2.75, 3.05) is 0 Å². The fraction of sp³-hybridized carbons (Fsp3) is 0.500. The van der Waals surface area contributed by atoms with Crippen LogP contribution in [0.15, 0.2) is 22.7 Å². The van der Waals surface area contributed by atoms with Crippen molar-refractivity contribution < 1.29 is 9.53 Å². The summed E-state index contributed by atoms with van der Waals surface area (Å²) >= 11 is 3.42. The summed E-state index contributed by atoms with van der Waals surface area (Å²) in [6, 6.07) is 5.56. The average Bonchev–Trinajstić information content (AvgIpc) is 2.30. The van der Waals surface area contributed by atoms with Gasteiger partial charge in [-0.25, -0.2) is 0 Å². The molecule has 0 heterocycles. The highest BCUT2D eigenvalue weighted by Gasteiger charge is 2.11. The van der Waals surface area contributed by atoms with Crippen LogP contribution in [0.3, 0.4) is 0 Å². The second-order valence-corrected chi connectivity index (χ2v) is 5.45. The maximum absolute atomic E-state index is 11.9. The van der Waals surface area contributed by atoms with E-state index in [1.165, 1.54) is 0 Å². The minimum atomic E-state index is -0.0545. The Morgan fingerprint density at radius 2 is 2.06 bits per heavy atom. The molecule has 1 rings (SSSR count). The van der Waals surface area contributed by atoms with E-state index >= 15 is 0 Å². The van der Waals surface area contributed by atoms with Crippen molar-refractivity contribution >= 4 is 21.8 Å². The molecule has 1 aromatic carbocycles. The molecule has 1 unspecified atom stereocenters. The van der Waals surface area contributed by atoms with Gasteiger partial charge in [-0.3, -0.25) is 4.79 Å². The first-order valence-corrected chi connectivity index (χ1v) is 7.00. The lowest BCUT2D eigenvalue weighted by molar-refractivity contribution is 0.0939. The van der Waals surface area contributed by atoms with Crippen molar-refractivity contribution in [3.8, 4) is 5.75 Å². The zero-order valence-electron chi connectivity index (χ0n) is 11.3. The number of rotatable bonds is 5. The normalized spacial score (nSPS) is 12.3. The highest BCUT2D eigenvalue weighted by Crippen LogP contribution is 2.26. The van der Waals surface area contributed by atoms with E-state index in [1.807, 2.05) is 33.8 Å². The SMILES string of the molecule is CCC(C)NC(=O)c1ccc(OC(C)C)c(Br)c1. The summed E-state index contributed by atoms with van der Waals surface area (Å²) in [5.41, 5.74) is 0.637. The molecule has 1 amide bonds. The zero-order valence-corrected chi connectivity index (χ0v) is 12.9. The van der Waals surface area contributed by atoms with Crippen LogP contribution in [0.4, 0.5) is 0 Å². The van der Waals surface area contributed by atoms with Crippen LogP contribution in [0.25, 0.3) is 0 Å². The first-order chi connectivity index (χ1) is 8.43. The lowest BCUT2D eigenvalue weighted by Gasteiger charge is -2.14. The van der Waals surface area contributed by atoms with E-state index in [0.717, 1.165) is 16.6 Å². The fourth-order valence-electron chi connectivity index (χ4n) is 1.40. The predicted molar refractivity (Wildman–Crippen MR) is 77.1 cm³/mol. The third kappa shape index (κ3) is 4.33. The molecule has 0 bridgehead atoms. The number of nitrogens with one attached hydrogen (secondary N) is 1. The largest absolute Gasteiger partial charge is 0.490 e. The third-order valence-electron chi connectivity index (χ3n) is 2.55. The van der Waals surface area contributed by atoms with E-state index in [4.69, 9.17) is 4.74 Å². The smallest absolute Gasteiger partial charge is 0.251 e. The Kier molecular flexibility index (Phi) is 5.66. The lowest BCUT2D eigenvalue weighted by atomic mass is 10.2. The van der Waals surface area contributed by atoms with Gasteiger partial charge < -0.3 is 10.1 Å². The number of carbonyl (C=O) groups excluding carboxylic acids is 1. The molecule has 0 aliphatic rings. The van der Waals surface area contributed by atoms with Crippen LogP contribution < -0.4 is 10.1 Å². The maximum Gasteiger partial charge on any atom is 0.251 e. The van der Waals surface area contributed by atoms with Gasteiger partial charge in [0.25, 0.3) is 5.91 Å². The van der Waals surface area contributed by atoms with Crippen LogP contribution in [0.5, 0.6) is 5.75 Å². The molecule has 0 saturated heterocycles. The lowest BCUT2D eigenvalue weighted by Crippen LogP contribution is -2.31. The molecular formula is C14H20BrNO2. The van der Waals surface area contributed by atoms with Gasteiger partial charge in [0.05, 0.1) is 10.6 Å². The van der Waals surface area contributed by atoms with Crippen molar-refractivity contribution in [2.45, 2.75) is 46.3 Å². The molecule has 0 spiro atoms. The number of carbonyl (C=O) groups is 1. The first-order valence-electron chi connectivity index (χ1n) is 6.21. The number of halogens is 1. The Bertz CT molecular complexity index is 418. The molecule has 1 N–H and O–H groups in total. The van der Waals surface area contributed by atoms with E-state index < -0.39 is 0 Å². The van der Waals surface area contributed by atoms with Gasteiger partial charge >= 0.3 is 0 Å². The molecule has 1 aromatic rings. The standard InChI is InChI=1S/C14H20BrNO2/c1-5-10(4)16-14(17)11-6-7-13(12(15)8-11)18-9(2)3/h6-10H,5H2,1-4H3,(H,16,17). The van der Waals surface area contributed by atoms with Crippen molar-refractivity contribution in [2.24, 2.45) is 0 Å². The third-order valence-corrected chi connectivity index (χ3v) is 3.17. The van der Waals surface area contributed by atoms with Crippen LogP contribution in [0.2, 0.25) is 0 Å². The van der Waals surface area contributed by atoms with Crippen molar-refractivity contribution in [3.05, 3.63) is 28.2 Å². The van der Waals surface area contributed by atoms with Crippen molar-refractivity contribution in [1.82, 2.24) is 5.32 Å². The Labute approximate surface area is 117 Å². The topological polar surface area (TPSA) is 38.3 Å². The highest BCUT2D eigenvalue weighted by atomic mass is 79.9. The van der Waals surface area contributed by atoms with Crippen molar-refractivity contribution in [1.29, 1.82) is 0 Å². The zero-order chi connectivity index (χ0) is 13.7. The number of ether oxygens (including phenoxy) is 1. The van der Waals surface area contributed by atoms with E-state index in [0.29, 0.717) is 5.56 Å². The minimum absolute atomic E-state index is 0.0545. The van der Waals surface area contributed by atoms with Gasteiger partial charge in [-0.1, -0.05) is 6.92 Å². The fourth-order valence-corrected chi connectivity index (χ4v) is 1.87. The molecule has 0 aliphatic carbocycles. The van der Waals surface area contributed by atoms with Gasteiger partial charge in [0.2, 0.25) is 0 Å². The van der Waals surface area contributed by atoms with E-state index in [-0.39, 0.29) is 18.1 Å². The summed E-state index contributed by atoms with van der Waals surface area (Å²) in [7, 11) is 0. The van der Waals surface area contributed by atoms with Gasteiger partial charge in [-0.05, 0) is 61.3 Å². The molecular weight excluding hydrogens is 294 g/mol. The number of hydrogen-bond donors (Lipinski definition) is 1. The summed E-state index contributed by atoms with van der Waals surface area (Å²) in [5.74, 6) is 0.700. The van der Waals surface area contributed by atoms with Crippen LogP contribution in [-0.4, -0.2) is 18.1 Å². The Morgan fingerprint density at radius 3 is 2.56 bits per heavy atom. The van der Waals surface area contributed by atoms with Gasteiger partial charge in [-0.2, -0.15) is 0 Å². The summed E-state index contributed by atoms with van der Waals surface area (Å²) in [5, 5.41) is 2.93. The summed E-state index contributed by atoms with van der Waals surface area (Å²) in [6.07, 6.45) is 1.03. The highest BCUT2D eigenvalue weighted by molar-refractivity contribution is 9.10. The van der Waals surface area contributed by atoms with Crippen LogP contribution in [0, 0.1) is 0 Å². The number of hydrogen-bond acceptors (Lipinski definition) is 2. The molecule has 0 radical (unpaired) electrons. The van der Waals surface area contributed by atoms with Gasteiger partial charge in [0, 0.05) is 11.6 Å². The molecule has 1 atom stereocenters. The average molecular weight is 314 g/mol. The van der Waals surface area contributed by atoms with Gasteiger partial charge in [-0.15, -0.1) is 0 Å². The predicted octanol–water partition coefficient (Wildman–Crippen LogP) is 3.76. The number of amides is 1. The molecule has 0 aliphatic heterocycles. The van der Waals surface area contributed by atoms with Crippen LogP contribution in [0.1, 0.15) is 44.5 Å². The first kappa shape index (κ1) is 15.0. The van der Waals surface area contributed by atoms with E-state index in [2.05, 4.69) is 21.2 Å². The molecule has 100 valence electrons. The molecule has 18 heavy (non-hydrogen) atoms. The summed E-state index contributed by atoms with van der Waals surface area (Å²) < 4.78 is 6.40. The van der Waals surface area contributed by atoms with Crippen LogP contribution >= 0.6 is 15.9 Å². The summed E-state index contributed by atoms with van der Waals surface area (Å²) in [4.78, 5) is 11.9. The van der Waals surface area contributed by atoms with E-state index in [1.54, 1.807) is 12.1 Å². The second-order valence-electron chi connectivity index (χ2n) is 4.59. The Balaban J connectivity index is 2.80. The Morgan fingerprint density at radius 1 is 1.39 bits per heavy atom. The minimum Gasteiger partial charge on any atom is -0.490 e. The molecule has 0 fully saturated rings. The monoisotopic (exact) mass is 313 g/mol. The van der Waals surface area contributed by atoms with Gasteiger partial charge in [0.15, 0.2) is 0 Å². The Hall–Kier alpha value is -1.03. The molecule has 0 saturated carbocycles. The number of benzene rings is 1. The van der Waals surface area contributed by atoms with Crippen molar-refractivity contribution in [3.63, 3.8) is 0 Å². The molecule has 4 heteroatoms. The van der Waals surface area contributed by atoms with E-state index in [9.17, 15) is 4.79 Å². The quantitative estimate of drug-likeness (QED) is 0.898. The second kappa shape index (κ2) is 6.78. The van der Waals surface area contributed by atoms with Gasteiger partial charge in [0.1, 0.15) is 5.75 Å².